The number of benzene rings is 2. The van der Waals surface area contributed by atoms with Gasteiger partial charge in [0.05, 0.1) is 12.2 Å². The van der Waals surface area contributed by atoms with Crippen molar-refractivity contribution < 1.29 is 19.0 Å². The topological polar surface area (TPSA) is 61.8 Å². The van der Waals surface area contributed by atoms with Crippen LogP contribution in [0.2, 0.25) is 0 Å². The average Bonchev–Trinajstić information content (AvgIpc) is 3.21. The van der Waals surface area contributed by atoms with Crippen LogP contribution in [0.5, 0.6) is 0 Å². The average molecular weight is 382 g/mol. The molecule has 0 atom stereocenters. The molecule has 28 heavy (non-hydrogen) atoms. The van der Waals surface area contributed by atoms with Gasteiger partial charge in [-0.3, -0.25) is 9.69 Å². The molecule has 5 nitrogen and oxygen atoms in total. The number of ether oxygens (including phenoxy) is 1. The number of aliphatic hydroxyl groups excluding tert-OH is 1. The summed E-state index contributed by atoms with van der Waals surface area (Å²) in [5.41, 5.74) is 4.54. The summed E-state index contributed by atoms with van der Waals surface area (Å²) in [5.74, 6) is -0.157. The number of halogens is 1. The first kappa shape index (κ1) is 18.7. The molecule has 0 fully saturated rings. The predicted molar refractivity (Wildman–Crippen MR) is 106 cm³/mol. The number of nitrogens with one attached hydrogen (secondary N) is 1. The van der Waals surface area contributed by atoms with Gasteiger partial charge in [-0.2, -0.15) is 0 Å². The Morgan fingerprint density at radius 2 is 2.04 bits per heavy atom. The minimum Gasteiger partial charge on any atom is -0.487 e. The number of nitrogens with zero attached hydrogens (tertiary/aromatic N) is 1. The van der Waals surface area contributed by atoms with E-state index >= 15 is 0 Å². The highest BCUT2D eigenvalue weighted by molar-refractivity contribution is 6.36. The maximum atomic E-state index is 13.7. The molecule has 1 amide bonds. The van der Waals surface area contributed by atoms with Crippen molar-refractivity contribution >= 4 is 22.9 Å². The summed E-state index contributed by atoms with van der Waals surface area (Å²) in [7, 11) is 0. The second kappa shape index (κ2) is 7.73. The molecule has 2 N–H and O–H groups in total. The quantitative estimate of drug-likeness (QED) is 0.752. The Morgan fingerprint density at radius 3 is 2.82 bits per heavy atom. The van der Waals surface area contributed by atoms with Crippen LogP contribution >= 0.6 is 0 Å². The first-order valence-electron chi connectivity index (χ1n) is 9.54. The Labute approximate surface area is 163 Å². The summed E-state index contributed by atoms with van der Waals surface area (Å²) in [6.07, 6.45) is 1.02. The molecule has 0 saturated carbocycles. The fourth-order valence-electron chi connectivity index (χ4n) is 3.87. The Hall–Kier alpha value is -2.70. The molecule has 2 aliphatic heterocycles. The van der Waals surface area contributed by atoms with Crippen molar-refractivity contribution in [1.29, 1.82) is 0 Å². The Bertz CT molecular complexity index is 949. The Balaban J connectivity index is 1.67. The number of amides is 1. The van der Waals surface area contributed by atoms with E-state index in [-0.39, 0.29) is 18.3 Å². The fourth-order valence-corrected chi connectivity index (χ4v) is 3.87. The number of aliphatic hydroxyl groups is 1. The first-order chi connectivity index (χ1) is 13.6. The molecule has 0 aromatic heterocycles. The van der Waals surface area contributed by atoms with E-state index in [0.29, 0.717) is 35.7 Å². The van der Waals surface area contributed by atoms with Crippen LogP contribution in [0.4, 0.5) is 10.1 Å². The molecule has 0 spiro atoms. The monoisotopic (exact) mass is 382 g/mol. The molecule has 6 heteroatoms. The zero-order valence-electron chi connectivity index (χ0n) is 15.8. The van der Waals surface area contributed by atoms with Gasteiger partial charge in [0, 0.05) is 35.5 Å². The highest BCUT2D eigenvalue weighted by atomic mass is 19.1. The second-order valence-corrected chi connectivity index (χ2v) is 7.13. The van der Waals surface area contributed by atoms with Crippen LogP contribution in [0, 0.1) is 5.82 Å². The molecular formula is C22H23FN2O3. The number of hydrogen-bond donors (Lipinski definition) is 2. The van der Waals surface area contributed by atoms with E-state index in [2.05, 4.69) is 23.2 Å². The Morgan fingerprint density at radius 1 is 1.18 bits per heavy atom. The zero-order valence-corrected chi connectivity index (χ0v) is 15.8. The number of carbonyl (C=O) groups is 1. The fraction of sp³-hybridized carbons (Fsp3) is 0.318. The summed E-state index contributed by atoms with van der Waals surface area (Å²) >= 11 is 0. The van der Waals surface area contributed by atoms with E-state index in [4.69, 9.17) is 4.74 Å². The molecule has 2 aromatic rings. The van der Waals surface area contributed by atoms with Gasteiger partial charge in [0.1, 0.15) is 18.2 Å². The second-order valence-electron chi connectivity index (χ2n) is 7.13. The largest absolute Gasteiger partial charge is 0.487 e. The highest BCUT2D eigenvalue weighted by Gasteiger charge is 2.32. The van der Waals surface area contributed by atoms with E-state index in [0.717, 1.165) is 36.2 Å². The van der Waals surface area contributed by atoms with Crippen molar-refractivity contribution in [2.45, 2.75) is 26.5 Å². The number of rotatable bonds is 6. The maximum absolute atomic E-state index is 13.7. The number of anilines is 1. The Kier molecular flexibility index (Phi) is 5.15. The van der Waals surface area contributed by atoms with E-state index < -0.39 is 0 Å². The number of carbonyl (C=O) groups excluding carboxylic acids is 1. The van der Waals surface area contributed by atoms with Crippen LogP contribution in [-0.4, -0.2) is 35.6 Å². The normalized spacial score (nSPS) is 17.5. The van der Waals surface area contributed by atoms with Gasteiger partial charge in [0.2, 0.25) is 0 Å². The van der Waals surface area contributed by atoms with Gasteiger partial charge in [-0.15, -0.1) is 0 Å². The lowest BCUT2D eigenvalue weighted by Crippen LogP contribution is -2.27. The predicted octanol–water partition coefficient (Wildman–Crippen LogP) is 3.38. The lowest BCUT2D eigenvalue weighted by Gasteiger charge is -2.20. The maximum Gasteiger partial charge on any atom is 0.260 e. The van der Waals surface area contributed by atoms with Crippen LogP contribution in [0.3, 0.4) is 0 Å². The van der Waals surface area contributed by atoms with Crippen LogP contribution in [0.1, 0.15) is 35.6 Å². The van der Waals surface area contributed by atoms with Crippen LogP contribution in [0.15, 0.2) is 36.4 Å². The molecule has 2 heterocycles. The molecule has 0 unspecified atom stereocenters. The van der Waals surface area contributed by atoms with Gasteiger partial charge in [-0.05, 0) is 36.7 Å². The van der Waals surface area contributed by atoms with Gasteiger partial charge < -0.3 is 15.2 Å². The summed E-state index contributed by atoms with van der Waals surface area (Å²) < 4.78 is 19.6. The van der Waals surface area contributed by atoms with Crippen molar-refractivity contribution in [3.63, 3.8) is 0 Å². The minimum absolute atomic E-state index is 0.134. The van der Waals surface area contributed by atoms with Gasteiger partial charge in [-0.25, -0.2) is 4.39 Å². The summed E-state index contributed by atoms with van der Waals surface area (Å²) in [5, 5.41) is 12.0. The molecular weight excluding hydrogens is 359 g/mol. The van der Waals surface area contributed by atoms with Crippen molar-refractivity contribution in [3.8, 4) is 0 Å². The molecule has 2 aliphatic rings. The molecule has 4 rings (SSSR count). The smallest absolute Gasteiger partial charge is 0.260 e. The lowest BCUT2D eigenvalue weighted by molar-refractivity contribution is -0.110. The zero-order chi connectivity index (χ0) is 19.7. The highest BCUT2D eigenvalue weighted by Crippen LogP contribution is 2.41. The van der Waals surface area contributed by atoms with Crippen LogP contribution < -0.4 is 5.32 Å². The molecule has 0 bridgehead atoms. The number of hydrogen-bond acceptors (Lipinski definition) is 4. The van der Waals surface area contributed by atoms with E-state index in [9.17, 15) is 14.3 Å². The van der Waals surface area contributed by atoms with Crippen molar-refractivity contribution in [3.05, 3.63) is 64.5 Å². The van der Waals surface area contributed by atoms with E-state index in [1.165, 1.54) is 12.1 Å². The van der Waals surface area contributed by atoms with Crippen molar-refractivity contribution in [2.75, 3.05) is 25.0 Å². The van der Waals surface area contributed by atoms with E-state index in [1.807, 2.05) is 12.1 Å². The summed E-state index contributed by atoms with van der Waals surface area (Å²) in [6, 6.07) is 10.3. The molecule has 0 aliphatic carbocycles. The third-order valence-corrected chi connectivity index (χ3v) is 5.10. The third kappa shape index (κ3) is 3.41. The van der Waals surface area contributed by atoms with Crippen LogP contribution in [-0.2, 0) is 22.7 Å². The summed E-state index contributed by atoms with van der Waals surface area (Å²) in [4.78, 5) is 14.7. The third-order valence-electron chi connectivity index (χ3n) is 5.10. The van der Waals surface area contributed by atoms with Crippen molar-refractivity contribution in [2.24, 2.45) is 0 Å². The first-order valence-corrected chi connectivity index (χ1v) is 9.54. The standard InChI is InChI=1S/C22H23FN2O3/c1-2-7-25(8-9-26)12-14-3-5-17-15(10-14)13-28-21(17)20-18-11-16(23)4-6-19(18)24-22(20)27/h3-6,10-11,26H,2,7-9,12-13H2,1H3,(H,24,27)/b21-20+. The van der Waals surface area contributed by atoms with Gasteiger partial charge in [-0.1, -0.05) is 25.1 Å². The molecule has 146 valence electrons. The van der Waals surface area contributed by atoms with E-state index in [1.54, 1.807) is 6.07 Å². The van der Waals surface area contributed by atoms with Gasteiger partial charge >= 0.3 is 0 Å². The summed E-state index contributed by atoms with van der Waals surface area (Å²) in [6.45, 7) is 4.95. The van der Waals surface area contributed by atoms with Gasteiger partial charge in [0.25, 0.3) is 5.91 Å². The molecule has 0 radical (unpaired) electrons. The van der Waals surface area contributed by atoms with Crippen LogP contribution in [0.25, 0.3) is 11.3 Å². The lowest BCUT2D eigenvalue weighted by atomic mass is 9.99. The number of fused-ring (bicyclic) bond motifs is 2. The SMILES string of the molecule is CCCN(CCO)Cc1ccc2c(c1)CO/C2=C1/C(=O)Nc2ccc(F)cc21. The van der Waals surface area contributed by atoms with Gasteiger partial charge in [0.15, 0.2) is 0 Å². The minimum atomic E-state index is -0.387. The van der Waals surface area contributed by atoms with Crippen molar-refractivity contribution in [1.82, 2.24) is 4.90 Å². The molecule has 2 aromatic carbocycles. The molecule has 0 saturated heterocycles.